The van der Waals surface area contributed by atoms with Crippen LogP contribution < -0.4 is 10.1 Å². The second-order valence-corrected chi connectivity index (χ2v) is 5.60. The molecule has 0 bridgehead atoms. The van der Waals surface area contributed by atoms with E-state index < -0.39 is 0 Å². The van der Waals surface area contributed by atoms with E-state index in [9.17, 15) is 5.11 Å². The molecule has 1 saturated heterocycles. The number of hydrogen-bond donors (Lipinski definition) is 2. The van der Waals surface area contributed by atoms with Crippen molar-refractivity contribution >= 4 is 10.9 Å². The molecule has 1 aromatic heterocycles. The molecule has 1 aliphatic heterocycles. The van der Waals surface area contributed by atoms with Gasteiger partial charge in [0, 0.05) is 24.0 Å². The molecule has 0 atom stereocenters. The number of aromatic nitrogens is 1. The molecule has 112 valence electrons. The van der Waals surface area contributed by atoms with Gasteiger partial charge in [-0.25, -0.2) is 4.98 Å². The van der Waals surface area contributed by atoms with Crippen LogP contribution in [0.2, 0.25) is 0 Å². The van der Waals surface area contributed by atoms with Crippen molar-refractivity contribution in [2.45, 2.75) is 6.54 Å². The van der Waals surface area contributed by atoms with Crippen molar-refractivity contribution in [1.82, 2.24) is 10.3 Å². The van der Waals surface area contributed by atoms with Crippen molar-refractivity contribution in [1.29, 1.82) is 0 Å². The van der Waals surface area contributed by atoms with Crippen molar-refractivity contribution in [3.63, 3.8) is 0 Å². The number of aliphatic hydroxyl groups excluding tert-OH is 1. The van der Waals surface area contributed by atoms with Gasteiger partial charge in [0.25, 0.3) is 0 Å². The molecule has 5 heteroatoms. The molecule has 0 spiro atoms. The molecule has 0 amide bonds. The lowest BCUT2D eigenvalue weighted by molar-refractivity contribution is -0.134. The van der Waals surface area contributed by atoms with E-state index in [-0.39, 0.29) is 12.0 Å². The molecule has 2 N–H and O–H groups in total. The minimum absolute atomic E-state index is 0.127. The van der Waals surface area contributed by atoms with Crippen LogP contribution in [0, 0.1) is 5.41 Å². The summed E-state index contributed by atoms with van der Waals surface area (Å²) in [6.07, 6.45) is 0. The Morgan fingerprint density at radius 2 is 2.19 bits per heavy atom. The summed E-state index contributed by atoms with van der Waals surface area (Å²) in [6.45, 7) is 2.75. The first-order valence-electron chi connectivity index (χ1n) is 7.08. The number of hydrogen-bond acceptors (Lipinski definition) is 5. The largest absolute Gasteiger partial charge is 0.481 e. The lowest BCUT2D eigenvalue weighted by atomic mass is 9.87. The third-order valence-corrected chi connectivity index (χ3v) is 3.92. The van der Waals surface area contributed by atoms with Gasteiger partial charge in [0.15, 0.2) is 0 Å². The van der Waals surface area contributed by atoms with Gasteiger partial charge in [0.2, 0.25) is 5.88 Å². The first-order chi connectivity index (χ1) is 10.3. The number of aliphatic hydroxyl groups is 1. The minimum Gasteiger partial charge on any atom is -0.481 e. The fourth-order valence-electron chi connectivity index (χ4n) is 2.55. The Hall–Kier alpha value is -1.69. The SMILES string of the molecule is COc1nc2ccccc2cc1CNCC1(CO)COC1. The smallest absolute Gasteiger partial charge is 0.218 e. The first kappa shape index (κ1) is 14.3. The second kappa shape index (κ2) is 5.97. The monoisotopic (exact) mass is 288 g/mol. The van der Waals surface area contributed by atoms with Crippen LogP contribution in [0.5, 0.6) is 5.88 Å². The van der Waals surface area contributed by atoms with Crippen LogP contribution in [-0.2, 0) is 11.3 Å². The van der Waals surface area contributed by atoms with Crippen molar-refractivity contribution in [3.8, 4) is 5.88 Å². The predicted molar refractivity (Wildman–Crippen MR) is 80.3 cm³/mol. The summed E-state index contributed by atoms with van der Waals surface area (Å²) in [5, 5.41) is 13.9. The highest BCUT2D eigenvalue weighted by Gasteiger charge is 2.37. The topological polar surface area (TPSA) is 63.6 Å². The maximum Gasteiger partial charge on any atom is 0.218 e. The molecule has 1 aromatic carbocycles. The van der Waals surface area contributed by atoms with E-state index in [1.54, 1.807) is 7.11 Å². The van der Waals surface area contributed by atoms with Crippen LogP contribution in [0.1, 0.15) is 5.56 Å². The van der Waals surface area contributed by atoms with E-state index in [1.165, 1.54) is 0 Å². The third-order valence-electron chi connectivity index (χ3n) is 3.92. The predicted octanol–water partition coefficient (Wildman–Crippen LogP) is 1.34. The molecule has 5 nitrogen and oxygen atoms in total. The van der Waals surface area contributed by atoms with Gasteiger partial charge in [0.1, 0.15) is 0 Å². The fourth-order valence-corrected chi connectivity index (χ4v) is 2.55. The van der Waals surface area contributed by atoms with Crippen LogP contribution in [0.25, 0.3) is 10.9 Å². The van der Waals surface area contributed by atoms with E-state index >= 15 is 0 Å². The highest BCUT2D eigenvalue weighted by Crippen LogP contribution is 2.26. The molecular formula is C16H20N2O3. The van der Waals surface area contributed by atoms with Crippen molar-refractivity contribution in [2.24, 2.45) is 5.41 Å². The third kappa shape index (κ3) is 2.85. The van der Waals surface area contributed by atoms with Gasteiger partial charge in [-0.15, -0.1) is 0 Å². The maximum atomic E-state index is 9.42. The Bertz CT molecular complexity index is 620. The van der Waals surface area contributed by atoms with Gasteiger partial charge in [0.05, 0.1) is 37.9 Å². The number of rotatable bonds is 6. The Kier molecular flexibility index (Phi) is 4.05. The second-order valence-electron chi connectivity index (χ2n) is 5.60. The Balaban J connectivity index is 1.73. The lowest BCUT2D eigenvalue weighted by Gasteiger charge is -2.40. The van der Waals surface area contributed by atoms with E-state index in [0.29, 0.717) is 25.6 Å². The molecule has 2 aromatic rings. The van der Waals surface area contributed by atoms with Gasteiger partial charge in [-0.2, -0.15) is 0 Å². The first-order valence-corrected chi connectivity index (χ1v) is 7.08. The molecular weight excluding hydrogens is 268 g/mol. The zero-order chi connectivity index (χ0) is 14.7. The van der Waals surface area contributed by atoms with Crippen LogP contribution in [0.4, 0.5) is 0 Å². The quantitative estimate of drug-likeness (QED) is 0.840. The minimum atomic E-state index is -0.127. The van der Waals surface area contributed by atoms with Crippen molar-refractivity contribution < 1.29 is 14.6 Å². The number of nitrogens with zero attached hydrogens (tertiary/aromatic N) is 1. The number of methoxy groups -OCH3 is 1. The summed E-state index contributed by atoms with van der Waals surface area (Å²) in [6, 6.07) is 10.1. The molecule has 21 heavy (non-hydrogen) atoms. The molecule has 0 aliphatic carbocycles. The summed E-state index contributed by atoms with van der Waals surface area (Å²) in [7, 11) is 1.63. The highest BCUT2D eigenvalue weighted by molar-refractivity contribution is 5.80. The van der Waals surface area contributed by atoms with E-state index in [0.717, 1.165) is 23.0 Å². The van der Waals surface area contributed by atoms with Crippen LogP contribution >= 0.6 is 0 Å². The molecule has 0 saturated carbocycles. The number of pyridine rings is 1. The summed E-state index contributed by atoms with van der Waals surface area (Å²) in [5.41, 5.74) is 1.82. The van der Waals surface area contributed by atoms with E-state index in [4.69, 9.17) is 9.47 Å². The normalized spacial score (nSPS) is 16.7. The number of ether oxygens (including phenoxy) is 2. The van der Waals surface area contributed by atoms with Gasteiger partial charge in [-0.05, 0) is 12.1 Å². The maximum absolute atomic E-state index is 9.42. The van der Waals surface area contributed by atoms with Crippen LogP contribution in [-0.4, -0.2) is 43.6 Å². The highest BCUT2D eigenvalue weighted by atomic mass is 16.5. The van der Waals surface area contributed by atoms with Crippen molar-refractivity contribution in [3.05, 3.63) is 35.9 Å². The molecule has 0 radical (unpaired) electrons. The molecule has 2 heterocycles. The van der Waals surface area contributed by atoms with Crippen LogP contribution in [0.3, 0.4) is 0 Å². The van der Waals surface area contributed by atoms with Gasteiger partial charge in [-0.1, -0.05) is 18.2 Å². The van der Waals surface area contributed by atoms with Gasteiger partial charge in [-0.3, -0.25) is 0 Å². The summed E-state index contributed by atoms with van der Waals surface area (Å²) in [4.78, 5) is 4.53. The Labute approximate surface area is 123 Å². The van der Waals surface area contributed by atoms with E-state index in [1.807, 2.05) is 24.3 Å². The molecule has 1 fully saturated rings. The van der Waals surface area contributed by atoms with Crippen LogP contribution in [0.15, 0.2) is 30.3 Å². The number of fused-ring (bicyclic) bond motifs is 1. The average molecular weight is 288 g/mol. The summed E-state index contributed by atoms with van der Waals surface area (Å²) < 4.78 is 10.6. The molecule has 3 rings (SSSR count). The van der Waals surface area contributed by atoms with Crippen molar-refractivity contribution in [2.75, 3.05) is 33.5 Å². The zero-order valence-electron chi connectivity index (χ0n) is 12.1. The number of para-hydroxylation sites is 1. The number of nitrogens with one attached hydrogen (secondary N) is 1. The Morgan fingerprint density at radius 1 is 1.38 bits per heavy atom. The van der Waals surface area contributed by atoms with Gasteiger partial charge < -0.3 is 19.9 Å². The summed E-state index contributed by atoms with van der Waals surface area (Å²) in [5.74, 6) is 0.643. The zero-order valence-corrected chi connectivity index (χ0v) is 12.1. The average Bonchev–Trinajstić information content (AvgIpc) is 2.49. The standard InChI is InChI=1S/C16H20N2O3/c1-20-15-13(6-12-4-2-3-5-14(12)18-15)7-17-8-16(9-19)10-21-11-16/h2-6,17,19H,7-11H2,1H3. The Morgan fingerprint density at radius 3 is 2.86 bits per heavy atom. The van der Waals surface area contributed by atoms with E-state index in [2.05, 4.69) is 16.4 Å². The van der Waals surface area contributed by atoms with Gasteiger partial charge >= 0.3 is 0 Å². The number of benzene rings is 1. The molecule has 0 unspecified atom stereocenters. The molecule has 1 aliphatic rings. The lowest BCUT2D eigenvalue weighted by Crippen LogP contribution is -2.52. The summed E-state index contributed by atoms with van der Waals surface area (Å²) >= 11 is 0. The fraction of sp³-hybridized carbons (Fsp3) is 0.438.